The largest absolute Gasteiger partial charge is 0.490 e. The van der Waals surface area contributed by atoms with Gasteiger partial charge in [-0.2, -0.15) is 0 Å². The molecular weight excluding hydrogens is 344 g/mol. The number of ether oxygens (including phenoxy) is 2. The molecule has 0 bridgehead atoms. The molecular formula is C21H24N2O4. The number of fused-ring (bicyclic) bond motifs is 2. The maximum absolute atomic E-state index is 13.0. The van der Waals surface area contributed by atoms with Crippen LogP contribution < -0.4 is 14.8 Å². The number of urea groups is 1. The van der Waals surface area contributed by atoms with Crippen molar-refractivity contribution in [1.29, 1.82) is 0 Å². The summed E-state index contributed by atoms with van der Waals surface area (Å²) < 4.78 is 11.3. The predicted molar refractivity (Wildman–Crippen MR) is 102 cm³/mol. The number of benzene rings is 2. The van der Waals surface area contributed by atoms with E-state index >= 15 is 0 Å². The number of nitrogens with zero attached hydrogens (tertiary/aromatic N) is 1. The van der Waals surface area contributed by atoms with Crippen molar-refractivity contribution in [2.24, 2.45) is 0 Å². The summed E-state index contributed by atoms with van der Waals surface area (Å²) in [5.41, 5.74) is 3.09. The van der Waals surface area contributed by atoms with Gasteiger partial charge in [0.05, 0.1) is 25.9 Å². The normalized spacial score (nSPS) is 17.7. The molecule has 2 amide bonds. The molecule has 6 heteroatoms. The van der Waals surface area contributed by atoms with Gasteiger partial charge in [0, 0.05) is 24.7 Å². The molecule has 2 aliphatic rings. The minimum Gasteiger partial charge on any atom is -0.490 e. The van der Waals surface area contributed by atoms with E-state index in [0.717, 1.165) is 19.3 Å². The highest BCUT2D eigenvalue weighted by Gasteiger charge is 2.30. The van der Waals surface area contributed by atoms with Crippen LogP contribution in [0.2, 0.25) is 0 Å². The third-order valence-corrected chi connectivity index (χ3v) is 5.08. The van der Waals surface area contributed by atoms with Crippen molar-refractivity contribution in [2.75, 3.05) is 31.7 Å². The molecule has 27 heavy (non-hydrogen) atoms. The minimum atomic E-state index is -0.222. The van der Waals surface area contributed by atoms with Gasteiger partial charge < -0.3 is 24.8 Å². The molecule has 1 atom stereocenters. The summed E-state index contributed by atoms with van der Waals surface area (Å²) in [5, 5.41) is 12.4. The SMILES string of the molecule is O=C(Nc1ccc2c(c1)OCCCO2)N(CCO)C1CCc2ccccc21. The number of hydrogen-bond acceptors (Lipinski definition) is 4. The van der Waals surface area contributed by atoms with E-state index in [2.05, 4.69) is 17.4 Å². The van der Waals surface area contributed by atoms with Gasteiger partial charge in [-0.1, -0.05) is 24.3 Å². The minimum absolute atomic E-state index is 0.0197. The van der Waals surface area contributed by atoms with Crippen molar-refractivity contribution in [3.05, 3.63) is 53.6 Å². The van der Waals surface area contributed by atoms with Crippen LogP contribution >= 0.6 is 0 Å². The van der Waals surface area contributed by atoms with Crippen LogP contribution in [-0.4, -0.2) is 42.4 Å². The van der Waals surface area contributed by atoms with Crippen LogP contribution in [0.15, 0.2) is 42.5 Å². The molecule has 4 rings (SSSR count). The fourth-order valence-corrected chi connectivity index (χ4v) is 3.80. The van der Waals surface area contributed by atoms with Crippen molar-refractivity contribution in [2.45, 2.75) is 25.3 Å². The second-order valence-electron chi connectivity index (χ2n) is 6.81. The summed E-state index contributed by atoms with van der Waals surface area (Å²) in [4.78, 5) is 14.7. The Kier molecular flexibility index (Phi) is 5.16. The number of aliphatic hydroxyl groups excluding tert-OH is 1. The monoisotopic (exact) mass is 368 g/mol. The smallest absolute Gasteiger partial charge is 0.322 e. The number of rotatable bonds is 4. The lowest BCUT2D eigenvalue weighted by Gasteiger charge is -2.29. The fourth-order valence-electron chi connectivity index (χ4n) is 3.80. The maximum atomic E-state index is 13.0. The molecule has 0 fully saturated rings. The average molecular weight is 368 g/mol. The van der Waals surface area contributed by atoms with Crippen LogP contribution in [0.25, 0.3) is 0 Å². The van der Waals surface area contributed by atoms with E-state index in [1.165, 1.54) is 11.1 Å². The quantitative estimate of drug-likeness (QED) is 0.868. The van der Waals surface area contributed by atoms with Gasteiger partial charge >= 0.3 is 6.03 Å². The first-order valence-corrected chi connectivity index (χ1v) is 9.42. The molecule has 142 valence electrons. The lowest BCUT2D eigenvalue weighted by molar-refractivity contribution is 0.162. The Morgan fingerprint density at radius 2 is 1.96 bits per heavy atom. The first-order chi connectivity index (χ1) is 13.3. The predicted octanol–water partition coefficient (Wildman–Crippen LogP) is 3.36. The van der Waals surface area contributed by atoms with Crippen LogP contribution in [0.3, 0.4) is 0 Å². The Labute approximate surface area is 158 Å². The molecule has 1 unspecified atom stereocenters. The molecule has 1 heterocycles. The highest BCUT2D eigenvalue weighted by atomic mass is 16.5. The first-order valence-electron chi connectivity index (χ1n) is 9.42. The van der Waals surface area contributed by atoms with Crippen LogP contribution in [0, 0.1) is 0 Å². The standard InChI is InChI=1S/C21H24N2O4/c24-11-10-23(18-8-6-15-4-1-2-5-17(15)18)21(25)22-16-7-9-19-20(14-16)27-13-3-12-26-19/h1-2,4-5,7,9,14,18,24H,3,6,8,10-13H2,(H,22,25). The van der Waals surface area contributed by atoms with Gasteiger partial charge in [-0.25, -0.2) is 4.79 Å². The van der Waals surface area contributed by atoms with Gasteiger partial charge in [0.15, 0.2) is 11.5 Å². The number of aliphatic hydroxyl groups is 1. The van der Waals surface area contributed by atoms with Gasteiger partial charge in [-0.3, -0.25) is 0 Å². The van der Waals surface area contributed by atoms with Crippen LogP contribution in [-0.2, 0) is 6.42 Å². The summed E-state index contributed by atoms with van der Waals surface area (Å²) >= 11 is 0. The molecule has 2 N–H and O–H groups in total. The number of nitrogens with one attached hydrogen (secondary N) is 1. The average Bonchev–Trinajstić information content (AvgIpc) is 2.96. The molecule has 0 saturated heterocycles. The zero-order valence-corrected chi connectivity index (χ0v) is 15.2. The van der Waals surface area contributed by atoms with Gasteiger partial charge in [0.1, 0.15) is 0 Å². The number of hydrogen-bond donors (Lipinski definition) is 2. The van der Waals surface area contributed by atoms with E-state index in [9.17, 15) is 9.90 Å². The van der Waals surface area contributed by atoms with E-state index in [1.807, 2.05) is 24.3 Å². The van der Waals surface area contributed by atoms with Gasteiger partial charge in [-0.05, 0) is 36.1 Å². The summed E-state index contributed by atoms with van der Waals surface area (Å²) in [6.45, 7) is 1.44. The topological polar surface area (TPSA) is 71.0 Å². The zero-order valence-electron chi connectivity index (χ0n) is 15.2. The van der Waals surface area contributed by atoms with Crippen LogP contribution in [0.5, 0.6) is 11.5 Å². The fraction of sp³-hybridized carbons (Fsp3) is 0.381. The lowest BCUT2D eigenvalue weighted by Crippen LogP contribution is -2.39. The highest BCUT2D eigenvalue weighted by molar-refractivity contribution is 5.90. The number of anilines is 1. The van der Waals surface area contributed by atoms with E-state index in [1.54, 1.807) is 11.0 Å². The molecule has 6 nitrogen and oxygen atoms in total. The molecule has 0 radical (unpaired) electrons. The van der Waals surface area contributed by atoms with Crippen molar-refractivity contribution in [1.82, 2.24) is 4.90 Å². The second-order valence-corrected chi connectivity index (χ2v) is 6.81. The van der Waals surface area contributed by atoms with Gasteiger partial charge in [-0.15, -0.1) is 0 Å². The zero-order chi connectivity index (χ0) is 18.6. The van der Waals surface area contributed by atoms with Crippen LogP contribution in [0.1, 0.15) is 30.0 Å². The molecule has 0 saturated carbocycles. The van der Waals surface area contributed by atoms with Crippen molar-refractivity contribution < 1.29 is 19.4 Å². The Hall–Kier alpha value is -2.73. The van der Waals surface area contributed by atoms with Crippen molar-refractivity contribution in [3.8, 4) is 11.5 Å². The van der Waals surface area contributed by atoms with E-state index < -0.39 is 0 Å². The Morgan fingerprint density at radius 1 is 1.15 bits per heavy atom. The number of carbonyl (C=O) groups excluding carboxylic acids is 1. The number of carbonyl (C=O) groups is 1. The highest BCUT2D eigenvalue weighted by Crippen LogP contribution is 2.36. The van der Waals surface area contributed by atoms with E-state index in [4.69, 9.17) is 9.47 Å². The summed E-state index contributed by atoms with van der Waals surface area (Å²) in [5.74, 6) is 1.34. The van der Waals surface area contributed by atoms with E-state index in [0.29, 0.717) is 30.4 Å². The summed E-state index contributed by atoms with van der Waals surface area (Å²) in [6.07, 6.45) is 2.65. The van der Waals surface area contributed by atoms with Crippen molar-refractivity contribution in [3.63, 3.8) is 0 Å². The summed E-state index contributed by atoms with van der Waals surface area (Å²) in [7, 11) is 0. The van der Waals surface area contributed by atoms with Gasteiger partial charge in [0.25, 0.3) is 0 Å². The van der Waals surface area contributed by atoms with E-state index in [-0.39, 0.29) is 25.2 Å². The Bertz CT molecular complexity index is 824. The third-order valence-electron chi connectivity index (χ3n) is 5.08. The van der Waals surface area contributed by atoms with Crippen molar-refractivity contribution >= 4 is 11.7 Å². The Morgan fingerprint density at radius 3 is 2.81 bits per heavy atom. The molecule has 2 aromatic rings. The maximum Gasteiger partial charge on any atom is 0.322 e. The summed E-state index contributed by atoms with van der Waals surface area (Å²) in [6, 6.07) is 13.4. The number of amides is 2. The van der Waals surface area contributed by atoms with Crippen LogP contribution in [0.4, 0.5) is 10.5 Å². The number of aryl methyl sites for hydroxylation is 1. The molecule has 0 aromatic heterocycles. The second kappa shape index (κ2) is 7.88. The lowest BCUT2D eigenvalue weighted by atomic mass is 10.1. The molecule has 2 aromatic carbocycles. The van der Waals surface area contributed by atoms with Gasteiger partial charge in [0.2, 0.25) is 0 Å². The Balaban J connectivity index is 1.53. The molecule has 0 spiro atoms. The molecule has 1 aliphatic carbocycles. The third kappa shape index (κ3) is 3.71. The molecule has 1 aliphatic heterocycles. The first kappa shape index (κ1) is 17.7.